The molecule has 1 atom stereocenters. The van der Waals surface area contributed by atoms with Crippen LogP contribution in [0.15, 0.2) is 30.6 Å². The fourth-order valence-electron chi connectivity index (χ4n) is 2.17. The van der Waals surface area contributed by atoms with Crippen molar-refractivity contribution < 1.29 is 9.90 Å². The Morgan fingerprint density at radius 2 is 2.05 bits per heavy atom. The molecule has 0 bridgehead atoms. The predicted octanol–water partition coefficient (Wildman–Crippen LogP) is 1.81. The summed E-state index contributed by atoms with van der Waals surface area (Å²) in [6.45, 7) is 5.08. The standard InChI is InChI=1S/C16H22N4O2/c1-4-20-11-17-18-15(20)13-5-7-14(8-6-13)16(22)19(3)10-9-12(2)21/h5-8,11-12,21H,4,9-10H2,1-3H3. The molecular formula is C16H22N4O2. The molecule has 0 radical (unpaired) electrons. The van der Waals surface area contributed by atoms with Gasteiger partial charge in [0.15, 0.2) is 5.82 Å². The summed E-state index contributed by atoms with van der Waals surface area (Å²) in [6.07, 6.45) is 1.86. The molecule has 1 amide bonds. The molecule has 0 aliphatic carbocycles. The molecule has 0 fully saturated rings. The number of nitrogens with zero attached hydrogens (tertiary/aromatic N) is 4. The van der Waals surface area contributed by atoms with Gasteiger partial charge in [-0.3, -0.25) is 4.79 Å². The Bertz CT molecular complexity index is 619. The molecule has 0 spiro atoms. The lowest BCUT2D eigenvalue weighted by atomic mass is 10.1. The number of aliphatic hydroxyl groups is 1. The summed E-state index contributed by atoms with van der Waals surface area (Å²) in [5.74, 6) is 0.744. The van der Waals surface area contributed by atoms with E-state index in [-0.39, 0.29) is 5.91 Å². The first-order valence-electron chi connectivity index (χ1n) is 7.44. The number of carbonyl (C=O) groups is 1. The van der Waals surface area contributed by atoms with E-state index in [1.165, 1.54) is 0 Å². The van der Waals surface area contributed by atoms with Gasteiger partial charge in [-0.25, -0.2) is 0 Å². The number of aromatic nitrogens is 3. The van der Waals surface area contributed by atoms with Crippen LogP contribution in [0, 0.1) is 0 Å². The summed E-state index contributed by atoms with van der Waals surface area (Å²) in [7, 11) is 1.74. The predicted molar refractivity (Wildman–Crippen MR) is 84.4 cm³/mol. The van der Waals surface area contributed by atoms with Crippen LogP contribution in [0.1, 0.15) is 30.6 Å². The molecule has 2 rings (SSSR count). The Kier molecular flexibility index (Phi) is 5.27. The molecule has 1 unspecified atom stereocenters. The molecule has 1 aromatic carbocycles. The van der Waals surface area contributed by atoms with E-state index >= 15 is 0 Å². The maximum Gasteiger partial charge on any atom is 0.253 e. The third kappa shape index (κ3) is 3.71. The second kappa shape index (κ2) is 7.17. The topological polar surface area (TPSA) is 71.2 Å². The van der Waals surface area contributed by atoms with Crippen LogP contribution in [0.2, 0.25) is 0 Å². The van der Waals surface area contributed by atoms with E-state index in [9.17, 15) is 9.90 Å². The highest BCUT2D eigenvalue weighted by Gasteiger charge is 2.13. The monoisotopic (exact) mass is 302 g/mol. The number of amides is 1. The van der Waals surface area contributed by atoms with Gasteiger partial charge in [-0.15, -0.1) is 10.2 Å². The number of carbonyl (C=O) groups excluding carboxylic acids is 1. The largest absolute Gasteiger partial charge is 0.393 e. The van der Waals surface area contributed by atoms with Crippen molar-refractivity contribution in [1.29, 1.82) is 0 Å². The highest BCUT2D eigenvalue weighted by molar-refractivity contribution is 5.94. The Labute approximate surface area is 130 Å². The van der Waals surface area contributed by atoms with Crippen LogP contribution in [-0.4, -0.2) is 50.4 Å². The molecule has 1 heterocycles. The van der Waals surface area contributed by atoms with Crippen molar-refractivity contribution in [2.75, 3.05) is 13.6 Å². The SMILES string of the molecule is CCn1cnnc1-c1ccc(C(=O)N(C)CCC(C)O)cc1. The van der Waals surface area contributed by atoms with E-state index < -0.39 is 6.10 Å². The average Bonchev–Trinajstić information content (AvgIpc) is 3.00. The van der Waals surface area contributed by atoms with Gasteiger partial charge in [0.05, 0.1) is 6.10 Å². The molecule has 22 heavy (non-hydrogen) atoms. The van der Waals surface area contributed by atoms with Crippen molar-refractivity contribution in [2.45, 2.75) is 32.9 Å². The first-order valence-corrected chi connectivity index (χ1v) is 7.44. The molecule has 6 nitrogen and oxygen atoms in total. The molecule has 1 aromatic heterocycles. The molecule has 118 valence electrons. The molecule has 1 N–H and O–H groups in total. The van der Waals surface area contributed by atoms with Gasteiger partial charge >= 0.3 is 0 Å². The van der Waals surface area contributed by atoms with Gasteiger partial charge in [0.2, 0.25) is 0 Å². The Morgan fingerprint density at radius 1 is 1.36 bits per heavy atom. The van der Waals surface area contributed by atoms with Crippen molar-refractivity contribution in [3.8, 4) is 11.4 Å². The van der Waals surface area contributed by atoms with Crippen LogP contribution >= 0.6 is 0 Å². The quantitative estimate of drug-likeness (QED) is 0.883. The van der Waals surface area contributed by atoms with Gasteiger partial charge in [0.1, 0.15) is 6.33 Å². The number of hydrogen-bond acceptors (Lipinski definition) is 4. The Balaban J connectivity index is 2.10. The zero-order valence-corrected chi connectivity index (χ0v) is 13.2. The molecule has 0 saturated heterocycles. The van der Waals surface area contributed by atoms with E-state index in [0.29, 0.717) is 18.5 Å². The molecule has 0 saturated carbocycles. The van der Waals surface area contributed by atoms with Crippen molar-refractivity contribution in [2.24, 2.45) is 0 Å². The van der Waals surface area contributed by atoms with Crippen LogP contribution in [0.25, 0.3) is 11.4 Å². The summed E-state index contributed by atoms with van der Waals surface area (Å²) in [6, 6.07) is 7.36. The number of benzene rings is 1. The van der Waals surface area contributed by atoms with Gasteiger partial charge in [-0.2, -0.15) is 0 Å². The van der Waals surface area contributed by atoms with Gasteiger partial charge in [-0.05, 0) is 32.4 Å². The minimum absolute atomic E-state index is 0.0517. The minimum Gasteiger partial charge on any atom is -0.393 e. The van der Waals surface area contributed by atoms with E-state index in [1.54, 1.807) is 37.3 Å². The number of aryl methyl sites for hydroxylation is 1. The lowest BCUT2D eigenvalue weighted by molar-refractivity contribution is 0.0769. The normalized spacial score (nSPS) is 12.2. The second-order valence-corrected chi connectivity index (χ2v) is 5.38. The number of rotatable bonds is 6. The summed E-state index contributed by atoms with van der Waals surface area (Å²) in [4.78, 5) is 13.9. The van der Waals surface area contributed by atoms with Crippen molar-refractivity contribution >= 4 is 5.91 Å². The molecule has 0 aliphatic rings. The number of aliphatic hydroxyl groups excluding tert-OH is 1. The molecular weight excluding hydrogens is 280 g/mol. The lowest BCUT2D eigenvalue weighted by Gasteiger charge is -2.18. The first-order chi connectivity index (χ1) is 10.5. The molecule has 6 heteroatoms. The van der Waals surface area contributed by atoms with Crippen LogP contribution < -0.4 is 0 Å². The zero-order valence-electron chi connectivity index (χ0n) is 13.2. The van der Waals surface area contributed by atoms with Crippen molar-refractivity contribution in [3.63, 3.8) is 0 Å². The average molecular weight is 302 g/mol. The maximum atomic E-state index is 12.3. The van der Waals surface area contributed by atoms with Gasteiger partial charge in [0.25, 0.3) is 5.91 Å². The van der Waals surface area contributed by atoms with Crippen LogP contribution in [-0.2, 0) is 6.54 Å². The third-order valence-electron chi connectivity index (χ3n) is 3.58. The Hall–Kier alpha value is -2.21. The second-order valence-electron chi connectivity index (χ2n) is 5.38. The third-order valence-corrected chi connectivity index (χ3v) is 3.58. The first kappa shape index (κ1) is 16.2. The zero-order chi connectivity index (χ0) is 16.1. The van der Waals surface area contributed by atoms with Gasteiger partial charge < -0.3 is 14.6 Å². The lowest BCUT2D eigenvalue weighted by Crippen LogP contribution is -2.29. The van der Waals surface area contributed by atoms with Gasteiger partial charge in [0, 0.05) is 31.3 Å². The van der Waals surface area contributed by atoms with E-state index in [0.717, 1.165) is 17.9 Å². The fourth-order valence-corrected chi connectivity index (χ4v) is 2.17. The van der Waals surface area contributed by atoms with E-state index in [2.05, 4.69) is 10.2 Å². The van der Waals surface area contributed by atoms with E-state index in [4.69, 9.17) is 0 Å². The number of hydrogen-bond donors (Lipinski definition) is 1. The summed E-state index contributed by atoms with van der Waals surface area (Å²) in [5.41, 5.74) is 1.56. The highest BCUT2D eigenvalue weighted by atomic mass is 16.3. The van der Waals surface area contributed by atoms with Crippen LogP contribution in [0.5, 0.6) is 0 Å². The van der Waals surface area contributed by atoms with Crippen molar-refractivity contribution in [3.05, 3.63) is 36.2 Å². The molecule has 2 aromatic rings. The Morgan fingerprint density at radius 3 is 2.64 bits per heavy atom. The summed E-state index contributed by atoms with van der Waals surface area (Å²) < 4.78 is 1.95. The van der Waals surface area contributed by atoms with Crippen LogP contribution in [0.3, 0.4) is 0 Å². The van der Waals surface area contributed by atoms with Crippen LogP contribution in [0.4, 0.5) is 0 Å². The van der Waals surface area contributed by atoms with E-state index in [1.807, 2.05) is 23.6 Å². The summed E-state index contributed by atoms with van der Waals surface area (Å²) >= 11 is 0. The molecule has 0 aliphatic heterocycles. The highest BCUT2D eigenvalue weighted by Crippen LogP contribution is 2.18. The maximum absolute atomic E-state index is 12.3. The minimum atomic E-state index is -0.405. The van der Waals surface area contributed by atoms with Crippen molar-refractivity contribution in [1.82, 2.24) is 19.7 Å². The smallest absolute Gasteiger partial charge is 0.253 e. The summed E-state index contributed by atoms with van der Waals surface area (Å²) in [5, 5.41) is 17.3. The fraction of sp³-hybridized carbons (Fsp3) is 0.438. The van der Waals surface area contributed by atoms with Gasteiger partial charge in [-0.1, -0.05) is 12.1 Å².